The smallest absolute Gasteiger partial charge is 0.330 e. The lowest BCUT2D eigenvalue weighted by Gasteiger charge is -2.36. The third-order valence-corrected chi connectivity index (χ3v) is 9.03. The van der Waals surface area contributed by atoms with Crippen molar-refractivity contribution < 1.29 is 33.8 Å². The summed E-state index contributed by atoms with van der Waals surface area (Å²) in [6, 6.07) is 6.72. The molecule has 5 rings (SSSR count). The number of rotatable bonds is 12. The fourth-order valence-electron chi connectivity index (χ4n) is 5.67. The van der Waals surface area contributed by atoms with Gasteiger partial charge in [-0.2, -0.15) is 4.98 Å². The molecular formula is C33H35Cl2N7O7. The number of carbonyl (C=O) groups is 4. The molecule has 258 valence electrons. The lowest BCUT2D eigenvalue weighted by atomic mass is 10.0. The highest BCUT2D eigenvalue weighted by Gasteiger charge is 2.35. The number of piperazine rings is 1. The van der Waals surface area contributed by atoms with Gasteiger partial charge in [0.1, 0.15) is 27.4 Å². The fraction of sp³-hybridized carbons (Fsp3) is 0.333. The average Bonchev–Trinajstić information content (AvgIpc) is 3.10. The normalized spacial score (nSPS) is 14.3. The van der Waals surface area contributed by atoms with E-state index in [2.05, 4.69) is 26.8 Å². The number of amides is 3. The Kier molecular flexibility index (Phi) is 10.8. The molecule has 49 heavy (non-hydrogen) atoms. The van der Waals surface area contributed by atoms with Gasteiger partial charge in [-0.15, -0.1) is 0 Å². The topological polar surface area (TPSA) is 158 Å². The molecule has 2 aliphatic heterocycles. The molecule has 16 heteroatoms. The second-order valence-corrected chi connectivity index (χ2v) is 12.1. The number of fused-ring (bicyclic) bond motifs is 1. The minimum Gasteiger partial charge on any atom is -0.495 e. The molecule has 3 heterocycles. The zero-order valence-electron chi connectivity index (χ0n) is 27.2. The van der Waals surface area contributed by atoms with E-state index in [1.807, 2.05) is 18.2 Å². The van der Waals surface area contributed by atoms with Crippen LogP contribution in [0, 0.1) is 0 Å². The van der Waals surface area contributed by atoms with Gasteiger partial charge in [0.15, 0.2) is 5.78 Å². The summed E-state index contributed by atoms with van der Waals surface area (Å²) >= 11 is 13.2. The number of nitrogens with zero attached hydrogens (tertiary/aromatic N) is 6. The van der Waals surface area contributed by atoms with E-state index < -0.39 is 12.0 Å². The number of anilines is 5. The third kappa shape index (κ3) is 7.50. The molecule has 3 aromatic rings. The number of halogens is 2. The maximum Gasteiger partial charge on any atom is 0.330 e. The van der Waals surface area contributed by atoms with Gasteiger partial charge in [-0.05, 0) is 29.8 Å². The summed E-state index contributed by atoms with van der Waals surface area (Å²) in [6.07, 6.45) is 2.69. The van der Waals surface area contributed by atoms with Crippen molar-refractivity contribution in [2.75, 3.05) is 67.5 Å². The zero-order valence-corrected chi connectivity index (χ0v) is 28.7. The molecule has 0 saturated carbocycles. The standard InChI is InChI=1S/C33H35Cl2N7O7/c1-5-22(43)15-19-14-21(40-10-12-41(13-11-40)26(44)8-9-27(45)46)6-7-23(19)37-32-36-17-20-18-42(33(47)39(2)31(20)38-32)30-28(34)24(48-3)16-25(49-4)29(30)35/h5-7,14,16-17H,1,8-13,15,18H2,2-4H3,(H,45,46)(H,36,37,38). The second-order valence-electron chi connectivity index (χ2n) is 11.3. The molecule has 0 bridgehead atoms. The summed E-state index contributed by atoms with van der Waals surface area (Å²) < 4.78 is 10.7. The Morgan fingerprint density at radius 3 is 2.33 bits per heavy atom. The molecule has 0 unspecified atom stereocenters. The summed E-state index contributed by atoms with van der Waals surface area (Å²) in [5.74, 6) is -0.211. The molecule has 1 saturated heterocycles. The van der Waals surface area contributed by atoms with Crippen LogP contribution in [0.25, 0.3) is 0 Å². The Labute approximate surface area is 292 Å². The lowest BCUT2D eigenvalue weighted by Crippen LogP contribution is -2.48. The van der Waals surface area contributed by atoms with E-state index in [1.54, 1.807) is 24.2 Å². The lowest BCUT2D eigenvalue weighted by molar-refractivity contribution is -0.141. The molecule has 2 N–H and O–H groups in total. The van der Waals surface area contributed by atoms with Crippen LogP contribution in [-0.4, -0.2) is 91.1 Å². The summed E-state index contributed by atoms with van der Waals surface area (Å²) in [5.41, 5.74) is 2.98. The number of ether oxygens (including phenoxy) is 2. The number of benzene rings is 2. The predicted molar refractivity (Wildman–Crippen MR) is 186 cm³/mol. The van der Waals surface area contributed by atoms with Gasteiger partial charge in [-0.3, -0.25) is 24.2 Å². The number of allylic oxidation sites excluding steroid dienone is 1. The monoisotopic (exact) mass is 711 g/mol. The van der Waals surface area contributed by atoms with Crippen molar-refractivity contribution in [2.24, 2.45) is 0 Å². The molecule has 2 aliphatic rings. The highest BCUT2D eigenvalue weighted by molar-refractivity contribution is 6.42. The van der Waals surface area contributed by atoms with E-state index in [-0.39, 0.29) is 70.7 Å². The SMILES string of the molecule is C=CC(=O)Cc1cc(N2CCN(C(=O)CCC(=O)O)CC2)ccc1Nc1ncc2c(n1)N(C)C(=O)N(c1c(Cl)c(OC)cc(OC)c1Cl)C2. The van der Waals surface area contributed by atoms with Gasteiger partial charge in [0.2, 0.25) is 11.9 Å². The van der Waals surface area contributed by atoms with Crippen molar-refractivity contribution in [1.82, 2.24) is 14.9 Å². The molecular weight excluding hydrogens is 677 g/mol. The van der Waals surface area contributed by atoms with Crippen LogP contribution in [-0.2, 0) is 27.3 Å². The summed E-state index contributed by atoms with van der Waals surface area (Å²) in [7, 11) is 4.47. The molecule has 1 aromatic heterocycles. The highest BCUT2D eigenvalue weighted by Crippen LogP contribution is 2.47. The Morgan fingerprint density at radius 2 is 1.71 bits per heavy atom. The first-order valence-corrected chi connectivity index (χ1v) is 16.0. The van der Waals surface area contributed by atoms with Crippen molar-refractivity contribution in [3.05, 3.63) is 64.3 Å². The van der Waals surface area contributed by atoms with E-state index in [9.17, 15) is 19.2 Å². The highest BCUT2D eigenvalue weighted by atomic mass is 35.5. The maximum atomic E-state index is 13.7. The van der Waals surface area contributed by atoms with E-state index in [0.29, 0.717) is 48.8 Å². The predicted octanol–water partition coefficient (Wildman–Crippen LogP) is 4.93. The first kappa shape index (κ1) is 35.2. The van der Waals surface area contributed by atoms with E-state index in [4.69, 9.17) is 37.8 Å². The molecule has 0 radical (unpaired) electrons. The minimum atomic E-state index is -1.00. The summed E-state index contributed by atoms with van der Waals surface area (Å²) in [5, 5.41) is 12.4. The van der Waals surface area contributed by atoms with Crippen LogP contribution in [0.5, 0.6) is 11.5 Å². The van der Waals surface area contributed by atoms with Gasteiger partial charge < -0.3 is 29.7 Å². The van der Waals surface area contributed by atoms with Gasteiger partial charge in [-0.25, -0.2) is 9.78 Å². The molecule has 2 aromatic carbocycles. The third-order valence-electron chi connectivity index (χ3n) is 8.30. The Hall–Kier alpha value is -5.08. The molecule has 0 atom stereocenters. The molecule has 3 amide bonds. The second kappa shape index (κ2) is 15.0. The number of carboxylic acid groups (broad SMARTS) is 1. The molecule has 14 nitrogen and oxygen atoms in total. The van der Waals surface area contributed by atoms with Crippen LogP contribution in [0.15, 0.2) is 43.1 Å². The van der Waals surface area contributed by atoms with Gasteiger partial charge in [0.25, 0.3) is 0 Å². The number of urea groups is 1. The van der Waals surface area contributed by atoms with Crippen molar-refractivity contribution in [3.8, 4) is 11.5 Å². The van der Waals surface area contributed by atoms with E-state index in [1.165, 1.54) is 30.1 Å². The average molecular weight is 713 g/mol. The van der Waals surface area contributed by atoms with Crippen LogP contribution < -0.4 is 29.5 Å². The largest absolute Gasteiger partial charge is 0.495 e. The Balaban J connectivity index is 1.37. The summed E-state index contributed by atoms with van der Waals surface area (Å²) in [6.45, 7) is 5.68. The van der Waals surface area contributed by atoms with Gasteiger partial charge >= 0.3 is 12.0 Å². The number of carboxylic acids is 1. The molecule has 0 aliphatic carbocycles. The van der Waals surface area contributed by atoms with Crippen LogP contribution in [0.1, 0.15) is 24.0 Å². The number of aliphatic carboxylic acids is 1. The molecule has 0 spiro atoms. The Bertz CT molecular complexity index is 1790. The van der Waals surface area contributed by atoms with Crippen molar-refractivity contribution in [3.63, 3.8) is 0 Å². The van der Waals surface area contributed by atoms with Crippen molar-refractivity contribution in [2.45, 2.75) is 25.8 Å². The number of hydrogen-bond donors (Lipinski definition) is 2. The Morgan fingerprint density at radius 1 is 1.04 bits per heavy atom. The maximum absolute atomic E-state index is 13.7. The molecule has 1 fully saturated rings. The number of aromatic nitrogens is 2. The first-order chi connectivity index (χ1) is 23.4. The number of nitrogens with one attached hydrogen (secondary N) is 1. The summed E-state index contributed by atoms with van der Waals surface area (Å²) in [4.78, 5) is 65.0. The number of hydrogen-bond acceptors (Lipinski definition) is 10. The fourth-order valence-corrected chi connectivity index (χ4v) is 6.37. The van der Waals surface area contributed by atoms with E-state index in [0.717, 1.165) is 5.69 Å². The number of carbonyl (C=O) groups excluding carboxylic acids is 3. The van der Waals surface area contributed by atoms with Gasteiger partial charge in [0, 0.05) is 75.3 Å². The van der Waals surface area contributed by atoms with Crippen molar-refractivity contribution in [1.29, 1.82) is 0 Å². The van der Waals surface area contributed by atoms with Crippen molar-refractivity contribution >= 4 is 75.7 Å². The van der Waals surface area contributed by atoms with Crippen LogP contribution in [0.4, 0.5) is 33.6 Å². The number of ketones is 1. The zero-order chi connectivity index (χ0) is 35.4. The first-order valence-electron chi connectivity index (χ1n) is 15.3. The van der Waals surface area contributed by atoms with E-state index >= 15 is 0 Å². The van der Waals surface area contributed by atoms with Gasteiger partial charge in [-0.1, -0.05) is 29.8 Å². The quantitative estimate of drug-likeness (QED) is 0.246. The van der Waals surface area contributed by atoms with Crippen LogP contribution in [0.2, 0.25) is 10.0 Å². The van der Waals surface area contributed by atoms with Gasteiger partial charge in [0.05, 0.1) is 32.9 Å². The van der Waals surface area contributed by atoms with Crippen LogP contribution >= 0.6 is 23.2 Å². The van der Waals surface area contributed by atoms with Crippen LogP contribution in [0.3, 0.4) is 0 Å². The number of methoxy groups -OCH3 is 2. The minimum absolute atomic E-state index is 0.0311.